The summed E-state index contributed by atoms with van der Waals surface area (Å²) in [7, 11) is -1.59. The zero-order chi connectivity index (χ0) is 16.6. The van der Waals surface area contributed by atoms with Crippen molar-refractivity contribution in [1.29, 1.82) is 0 Å². The number of sulfonamides is 1. The Morgan fingerprint density at radius 3 is 2.32 bits per heavy atom. The van der Waals surface area contributed by atoms with Crippen molar-refractivity contribution in [2.75, 3.05) is 19.5 Å². The Kier molecular flexibility index (Phi) is 8.07. The Balaban J connectivity index is 2.51. The molecule has 5 heteroatoms. The first-order valence-corrected chi connectivity index (χ1v) is 9.61. The van der Waals surface area contributed by atoms with Crippen molar-refractivity contribution in [3.8, 4) is 0 Å². The average molecular weight is 327 g/mol. The number of aryl methyl sites for hydroxylation is 1. The van der Waals surface area contributed by atoms with E-state index in [2.05, 4.69) is 18.6 Å². The van der Waals surface area contributed by atoms with Crippen molar-refractivity contribution in [3.63, 3.8) is 0 Å². The van der Waals surface area contributed by atoms with Crippen LogP contribution in [0.25, 0.3) is 0 Å². The van der Waals surface area contributed by atoms with Crippen LogP contribution in [0.15, 0.2) is 24.3 Å². The number of methoxy groups -OCH3 is 1. The van der Waals surface area contributed by atoms with Gasteiger partial charge in [0.25, 0.3) is 0 Å². The van der Waals surface area contributed by atoms with Gasteiger partial charge in [-0.25, -0.2) is 13.1 Å². The van der Waals surface area contributed by atoms with Crippen LogP contribution in [0.2, 0.25) is 0 Å². The van der Waals surface area contributed by atoms with Crippen LogP contribution in [0.3, 0.4) is 0 Å². The van der Waals surface area contributed by atoms with Gasteiger partial charge >= 0.3 is 0 Å². The van der Waals surface area contributed by atoms with Crippen LogP contribution >= 0.6 is 0 Å². The number of ether oxygens (including phenoxy) is 1. The van der Waals surface area contributed by atoms with Crippen LogP contribution < -0.4 is 4.72 Å². The SMILES string of the molecule is CCc1ccc(C(C)NS(=O)(=O)CCC(C)CCOC)cc1. The third-order valence-corrected chi connectivity index (χ3v) is 5.42. The summed E-state index contributed by atoms with van der Waals surface area (Å²) in [4.78, 5) is 0. The Labute approximate surface area is 135 Å². The highest BCUT2D eigenvalue weighted by molar-refractivity contribution is 7.89. The molecular weight excluding hydrogens is 298 g/mol. The van der Waals surface area contributed by atoms with Crippen LogP contribution in [-0.4, -0.2) is 27.9 Å². The lowest BCUT2D eigenvalue weighted by Gasteiger charge is -2.16. The summed E-state index contributed by atoms with van der Waals surface area (Å²) in [6, 6.07) is 7.88. The van der Waals surface area contributed by atoms with E-state index in [1.165, 1.54) is 5.56 Å². The molecule has 0 spiro atoms. The van der Waals surface area contributed by atoms with E-state index in [0.29, 0.717) is 18.9 Å². The van der Waals surface area contributed by atoms with Crippen LogP contribution in [0.5, 0.6) is 0 Å². The average Bonchev–Trinajstić information content (AvgIpc) is 2.50. The Hall–Kier alpha value is -0.910. The van der Waals surface area contributed by atoms with Crippen molar-refractivity contribution in [2.45, 2.75) is 46.1 Å². The molecule has 0 aromatic heterocycles. The van der Waals surface area contributed by atoms with Crippen molar-refractivity contribution in [3.05, 3.63) is 35.4 Å². The van der Waals surface area contributed by atoms with Crippen molar-refractivity contribution in [2.24, 2.45) is 5.92 Å². The third kappa shape index (κ3) is 6.90. The van der Waals surface area contributed by atoms with Crippen LogP contribution in [0, 0.1) is 5.92 Å². The van der Waals surface area contributed by atoms with Gasteiger partial charge in [-0.3, -0.25) is 0 Å². The highest BCUT2D eigenvalue weighted by atomic mass is 32.2. The summed E-state index contributed by atoms with van der Waals surface area (Å²) in [5, 5.41) is 0. The summed E-state index contributed by atoms with van der Waals surface area (Å²) < 4.78 is 32.1. The van der Waals surface area contributed by atoms with Gasteiger partial charge in [0.2, 0.25) is 10.0 Å². The molecule has 126 valence electrons. The minimum atomic E-state index is -3.26. The second-order valence-electron chi connectivity index (χ2n) is 5.93. The fourth-order valence-electron chi connectivity index (χ4n) is 2.26. The zero-order valence-corrected chi connectivity index (χ0v) is 14.9. The third-order valence-electron chi connectivity index (χ3n) is 3.94. The van der Waals surface area contributed by atoms with E-state index in [4.69, 9.17) is 4.74 Å². The molecule has 2 atom stereocenters. The largest absolute Gasteiger partial charge is 0.385 e. The summed E-state index contributed by atoms with van der Waals surface area (Å²) in [6.45, 7) is 6.72. The summed E-state index contributed by atoms with van der Waals surface area (Å²) >= 11 is 0. The molecule has 0 saturated carbocycles. The van der Waals surface area contributed by atoms with Gasteiger partial charge < -0.3 is 4.74 Å². The molecule has 1 rings (SSSR count). The second-order valence-corrected chi connectivity index (χ2v) is 7.80. The quantitative estimate of drug-likeness (QED) is 0.717. The molecule has 0 fully saturated rings. The predicted molar refractivity (Wildman–Crippen MR) is 91.4 cm³/mol. The molecule has 0 aliphatic rings. The minimum absolute atomic E-state index is 0.162. The van der Waals surface area contributed by atoms with Crippen molar-refractivity contribution in [1.82, 2.24) is 4.72 Å². The molecule has 0 amide bonds. The van der Waals surface area contributed by atoms with Crippen molar-refractivity contribution >= 4 is 10.0 Å². The molecular formula is C17H29NO3S. The molecule has 2 unspecified atom stereocenters. The van der Waals surface area contributed by atoms with E-state index in [0.717, 1.165) is 18.4 Å². The van der Waals surface area contributed by atoms with Gasteiger partial charge in [-0.1, -0.05) is 38.1 Å². The molecule has 0 heterocycles. The lowest BCUT2D eigenvalue weighted by Crippen LogP contribution is -2.29. The van der Waals surface area contributed by atoms with Gasteiger partial charge in [0, 0.05) is 19.8 Å². The smallest absolute Gasteiger partial charge is 0.212 e. The number of benzene rings is 1. The molecule has 1 aromatic rings. The first-order chi connectivity index (χ1) is 10.4. The number of nitrogens with one attached hydrogen (secondary N) is 1. The Morgan fingerprint density at radius 1 is 1.14 bits per heavy atom. The summed E-state index contributed by atoms with van der Waals surface area (Å²) in [5.74, 6) is 0.505. The minimum Gasteiger partial charge on any atom is -0.385 e. The highest BCUT2D eigenvalue weighted by Crippen LogP contribution is 2.16. The van der Waals surface area contributed by atoms with E-state index < -0.39 is 10.0 Å². The maximum absolute atomic E-state index is 12.2. The van der Waals surface area contributed by atoms with Crippen LogP contribution in [0.1, 0.15) is 50.8 Å². The van der Waals surface area contributed by atoms with E-state index in [1.54, 1.807) is 7.11 Å². The molecule has 0 radical (unpaired) electrons. The van der Waals surface area contributed by atoms with E-state index in [1.807, 2.05) is 31.2 Å². The lowest BCUT2D eigenvalue weighted by molar-refractivity contribution is 0.179. The zero-order valence-electron chi connectivity index (χ0n) is 14.1. The van der Waals surface area contributed by atoms with E-state index in [-0.39, 0.29) is 11.8 Å². The van der Waals surface area contributed by atoms with Gasteiger partial charge in [0.15, 0.2) is 0 Å². The second kappa shape index (κ2) is 9.28. The van der Waals surface area contributed by atoms with Gasteiger partial charge in [0.1, 0.15) is 0 Å². The number of rotatable bonds is 10. The maximum atomic E-state index is 12.2. The maximum Gasteiger partial charge on any atom is 0.212 e. The molecule has 0 saturated heterocycles. The topological polar surface area (TPSA) is 55.4 Å². The predicted octanol–water partition coefficient (Wildman–Crippen LogP) is 3.29. The van der Waals surface area contributed by atoms with Gasteiger partial charge in [0.05, 0.1) is 5.75 Å². The standard InChI is InChI=1S/C17H29NO3S/c1-5-16-6-8-17(9-7-16)15(3)18-22(19,20)13-11-14(2)10-12-21-4/h6-9,14-15,18H,5,10-13H2,1-4H3. The molecule has 0 aliphatic carbocycles. The number of hydrogen-bond donors (Lipinski definition) is 1. The molecule has 1 aromatic carbocycles. The normalized spacial score (nSPS) is 14.7. The fraction of sp³-hybridized carbons (Fsp3) is 0.647. The number of hydrogen-bond acceptors (Lipinski definition) is 3. The van der Waals surface area contributed by atoms with E-state index in [9.17, 15) is 8.42 Å². The molecule has 0 bridgehead atoms. The molecule has 1 N–H and O–H groups in total. The Morgan fingerprint density at radius 2 is 1.77 bits per heavy atom. The molecule has 0 aliphatic heterocycles. The first-order valence-electron chi connectivity index (χ1n) is 7.95. The monoisotopic (exact) mass is 327 g/mol. The first kappa shape index (κ1) is 19.1. The Bertz CT molecular complexity index is 525. The molecule has 4 nitrogen and oxygen atoms in total. The molecule has 22 heavy (non-hydrogen) atoms. The lowest BCUT2D eigenvalue weighted by atomic mass is 10.1. The summed E-state index contributed by atoms with van der Waals surface area (Å²) in [6.07, 6.45) is 2.53. The fourth-order valence-corrected chi connectivity index (χ4v) is 3.76. The van der Waals surface area contributed by atoms with Crippen molar-refractivity contribution < 1.29 is 13.2 Å². The highest BCUT2D eigenvalue weighted by Gasteiger charge is 2.17. The summed E-state index contributed by atoms with van der Waals surface area (Å²) in [5.41, 5.74) is 2.25. The van der Waals surface area contributed by atoms with E-state index >= 15 is 0 Å². The van der Waals surface area contributed by atoms with Gasteiger partial charge in [-0.15, -0.1) is 0 Å². The van der Waals surface area contributed by atoms with Crippen LogP contribution in [0.4, 0.5) is 0 Å². The van der Waals surface area contributed by atoms with Gasteiger partial charge in [-0.2, -0.15) is 0 Å². The van der Waals surface area contributed by atoms with Crippen LogP contribution in [-0.2, 0) is 21.2 Å². The van der Waals surface area contributed by atoms with Gasteiger partial charge in [-0.05, 0) is 43.2 Å².